The third-order valence-electron chi connectivity index (χ3n) is 4.96. The standard InChI is InChI=1S/C22H28FN3O2/c1-16(2)28-20-9-7-19(8-10-20)26-21(24)25-15-22(11-13-27-14-12-22)17-3-5-18(23)6-4-17/h3-10,16H,11-15H2,1-2H3,(H3,24,25,26). The van der Waals surface area contributed by atoms with Gasteiger partial charge < -0.3 is 20.5 Å². The Balaban J connectivity index is 1.69. The monoisotopic (exact) mass is 385 g/mol. The molecule has 5 nitrogen and oxygen atoms in total. The highest BCUT2D eigenvalue weighted by Gasteiger charge is 2.34. The first kappa shape index (κ1) is 20.1. The maximum atomic E-state index is 13.3. The fraction of sp³-hybridized carbons (Fsp3) is 0.409. The maximum Gasteiger partial charge on any atom is 0.193 e. The zero-order valence-corrected chi connectivity index (χ0v) is 16.5. The van der Waals surface area contributed by atoms with Crippen molar-refractivity contribution in [3.05, 3.63) is 59.9 Å². The van der Waals surface area contributed by atoms with E-state index in [0.29, 0.717) is 25.7 Å². The number of aliphatic imine (C=N–C) groups is 1. The second kappa shape index (κ2) is 9.06. The third-order valence-corrected chi connectivity index (χ3v) is 4.96. The van der Waals surface area contributed by atoms with Gasteiger partial charge in [-0.1, -0.05) is 12.1 Å². The van der Waals surface area contributed by atoms with Gasteiger partial charge in [0.25, 0.3) is 0 Å². The van der Waals surface area contributed by atoms with Crippen LogP contribution in [0.25, 0.3) is 0 Å². The van der Waals surface area contributed by atoms with Crippen molar-refractivity contribution in [3.63, 3.8) is 0 Å². The Morgan fingerprint density at radius 3 is 2.39 bits per heavy atom. The van der Waals surface area contributed by atoms with E-state index in [1.807, 2.05) is 50.2 Å². The van der Waals surface area contributed by atoms with Gasteiger partial charge >= 0.3 is 0 Å². The van der Waals surface area contributed by atoms with Crippen molar-refractivity contribution in [1.29, 1.82) is 0 Å². The second-order valence-electron chi connectivity index (χ2n) is 7.42. The molecule has 0 aliphatic carbocycles. The molecule has 3 rings (SSSR count). The number of nitrogens with one attached hydrogen (secondary N) is 1. The van der Waals surface area contributed by atoms with Crippen LogP contribution in [-0.4, -0.2) is 31.8 Å². The fourth-order valence-electron chi connectivity index (χ4n) is 3.42. The van der Waals surface area contributed by atoms with Gasteiger partial charge in [-0.25, -0.2) is 4.39 Å². The molecule has 1 fully saturated rings. The number of nitrogens with zero attached hydrogens (tertiary/aromatic N) is 1. The summed E-state index contributed by atoms with van der Waals surface area (Å²) in [6, 6.07) is 14.3. The molecule has 6 heteroatoms. The minimum atomic E-state index is -0.236. The molecule has 28 heavy (non-hydrogen) atoms. The van der Waals surface area contributed by atoms with Crippen molar-refractivity contribution in [1.82, 2.24) is 0 Å². The lowest BCUT2D eigenvalue weighted by atomic mass is 9.74. The number of guanidine groups is 1. The van der Waals surface area contributed by atoms with Crippen LogP contribution < -0.4 is 15.8 Å². The molecule has 0 spiro atoms. The molecule has 2 aromatic rings. The summed E-state index contributed by atoms with van der Waals surface area (Å²) >= 11 is 0. The van der Waals surface area contributed by atoms with Gasteiger partial charge in [-0.3, -0.25) is 4.99 Å². The normalized spacial score (nSPS) is 16.8. The van der Waals surface area contributed by atoms with Crippen molar-refractivity contribution < 1.29 is 13.9 Å². The van der Waals surface area contributed by atoms with E-state index in [0.717, 1.165) is 29.8 Å². The van der Waals surface area contributed by atoms with Crippen molar-refractivity contribution >= 4 is 11.6 Å². The molecular formula is C22H28FN3O2. The summed E-state index contributed by atoms with van der Waals surface area (Å²) in [7, 11) is 0. The van der Waals surface area contributed by atoms with E-state index in [1.54, 1.807) is 0 Å². The SMILES string of the molecule is CC(C)Oc1ccc(NC(N)=NCC2(c3ccc(F)cc3)CCOCC2)cc1. The highest BCUT2D eigenvalue weighted by molar-refractivity contribution is 5.92. The number of hydrogen-bond acceptors (Lipinski definition) is 3. The minimum Gasteiger partial charge on any atom is -0.491 e. The Labute approximate surface area is 165 Å². The average Bonchev–Trinajstić information content (AvgIpc) is 2.69. The second-order valence-corrected chi connectivity index (χ2v) is 7.42. The van der Waals surface area contributed by atoms with Crippen molar-refractivity contribution in [2.45, 2.75) is 38.2 Å². The van der Waals surface area contributed by atoms with E-state index in [-0.39, 0.29) is 17.3 Å². The molecule has 1 aliphatic rings. The van der Waals surface area contributed by atoms with Gasteiger partial charge in [0.2, 0.25) is 0 Å². The Morgan fingerprint density at radius 2 is 1.79 bits per heavy atom. The lowest BCUT2D eigenvalue weighted by Gasteiger charge is -2.36. The van der Waals surface area contributed by atoms with E-state index in [2.05, 4.69) is 10.3 Å². The van der Waals surface area contributed by atoms with E-state index < -0.39 is 0 Å². The van der Waals surface area contributed by atoms with Crippen LogP contribution >= 0.6 is 0 Å². The lowest BCUT2D eigenvalue weighted by molar-refractivity contribution is 0.0531. The Kier molecular flexibility index (Phi) is 6.52. The highest BCUT2D eigenvalue weighted by atomic mass is 19.1. The molecule has 0 radical (unpaired) electrons. The van der Waals surface area contributed by atoms with Crippen LogP contribution in [0, 0.1) is 5.82 Å². The Hall–Kier alpha value is -2.60. The van der Waals surface area contributed by atoms with Gasteiger partial charge in [0.05, 0.1) is 12.6 Å². The average molecular weight is 385 g/mol. The molecule has 3 N–H and O–H groups in total. The summed E-state index contributed by atoms with van der Waals surface area (Å²) in [5.74, 6) is 0.930. The van der Waals surface area contributed by atoms with Crippen LogP contribution in [0.15, 0.2) is 53.5 Å². The van der Waals surface area contributed by atoms with Crippen LogP contribution in [0.2, 0.25) is 0 Å². The minimum absolute atomic E-state index is 0.132. The van der Waals surface area contributed by atoms with E-state index in [9.17, 15) is 4.39 Å². The first-order valence-corrected chi connectivity index (χ1v) is 9.64. The summed E-state index contributed by atoms with van der Waals surface area (Å²) in [5, 5.41) is 3.12. The quantitative estimate of drug-likeness (QED) is 0.581. The summed E-state index contributed by atoms with van der Waals surface area (Å²) in [5.41, 5.74) is 7.85. The number of benzene rings is 2. The number of nitrogens with two attached hydrogens (primary N) is 1. The Bertz CT molecular complexity index is 782. The van der Waals surface area contributed by atoms with Gasteiger partial charge in [-0.2, -0.15) is 0 Å². The molecule has 2 aromatic carbocycles. The van der Waals surface area contributed by atoms with Gasteiger partial charge in [0.1, 0.15) is 11.6 Å². The van der Waals surface area contributed by atoms with Crippen molar-refractivity contribution in [2.75, 3.05) is 25.1 Å². The lowest BCUT2D eigenvalue weighted by Crippen LogP contribution is -2.38. The molecule has 0 amide bonds. The van der Waals surface area contributed by atoms with Crippen LogP contribution in [-0.2, 0) is 10.2 Å². The molecule has 0 unspecified atom stereocenters. The largest absolute Gasteiger partial charge is 0.491 e. The first-order valence-electron chi connectivity index (χ1n) is 9.64. The predicted molar refractivity (Wildman–Crippen MR) is 110 cm³/mol. The summed E-state index contributed by atoms with van der Waals surface area (Å²) in [6.45, 7) is 5.83. The molecule has 0 saturated carbocycles. The summed E-state index contributed by atoms with van der Waals surface area (Å²) in [6.07, 6.45) is 1.79. The van der Waals surface area contributed by atoms with Crippen molar-refractivity contribution in [3.8, 4) is 5.75 Å². The molecule has 1 saturated heterocycles. The Morgan fingerprint density at radius 1 is 1.14 bits per heavy atom. The molecule has 1 aliphatic heterocycles. The van der Waals surface area contributed by atoms with Crippen LogP contribution in [0.3, 0.4) is 0 Å². The van der Waals surface area contributed by atoms with Gasteiger partial charge in [0.15, 0.2) is 5.96 Å². The fourth-order valence-corrected chi connectivity index (χ4v) is 3.42. The molecule has 1 heterocycles. The number of ether oxygens (including phenoxy) is 2. The predicted octanol–water partition coefficient (Wildman–Crippen LogP) is 4.09. The molecule has 0 bridgehead atoms. The van der Waals surface area contributed by atoms with Crippen molar-refractivity contribution in [2.24, 2.45) is 10.7 Å². The first-order chi connectivity index (χ1) is 13.5. The molecule has 150 valence electrons. The third kappa shape index (κ3) is 5.23. The summed E-state index contributed by atoms with van der Waals surface area (Å²) in [4.78, 5) is 4.59. The topological polar surface area (TPSA) is 68.9 Å². The molecular weight excluding hydrogens is 357 g/mol. The van der Waals surface area contributed by atoms with Crippen LogP contribution in [0.4, 0.5) is 10.1 Å². The highest BCUT2D eigenvalue weighted by Crippen LogP contribution is 2.35. The van der Waals surface area contributed by atoms with Crippen LogP contribution in [0.5, 0.6) is 5.75 Å². The number of hydrogen-bond donors (Lipinski definition) is 2. The smallest absolute Gasteiger partial charge is 0.193 e. The molecule has 0 atom stereocenters. The zero-order valence-electron chi connectivity index (χ0n) is 16.5. The van der Waals surface area contributed by atoms with Crippen LogP contribution in [0.1, 0.15) is 32.3 Å². The maximum absolute atomic E-state index is 13.3. The summed E-state index contributed by atoms with van der Waals surface area (Å²) < 4.78 is 24.5. The zero-order chi connectivity index (χ0) is 20.0. The number of rotatable bonds is 6. The number of halogens is 1. The number of anilines is 1. The van der Waals surface area contributed by atoms with E-state index in [1.165, 1.54) is 12.1 Å². The van der Waals surface area contributed by atoms with Gasteiger partial charge in [-0.15, -0.1) is 0 Å². The molecule has 0 aromatic heterocycles. The van der Waals surface area contributed by atoms with Gasteiger partial charge in [-0.05, 0) is 68.7 Å². The van der Waals surface area contributed by atoms with E-state index >= 15 is 0 Å². The van der Waals surface area contributed by atoms with E-state index in [4.69, 9.17) is 15.2 Å². The van der Waals surface area contributed by atoms with Gasteiger partial charge in [0, 0.05) is 24.3 Å².